The van der Waals surface area contributed by atoms with E-state index in [-0.39, 0.29) is 10.8 Å². The van der Waals surface area contributed by atoms with Gasteiger partial charge in [-0.2, -0.15) is 0 Å². The predicted molar refractivity (Wildman–Crippen MR) is 96.4 cm³/mol. The highest BCUT2D eigenvalue weighted by atomic mass is 16.5. The van der Waals surface area contributed by atoms with Crippen molar-refractivity contribution in [1.82, 2.24) is 0 Å². The number of ketones is 1. The lowest BCUT2D eigenvalue weighted by Gasteiger charge is -2.53. The molecular weight excluding hydrogens is 296 g/mol. The van der Waals surface area contributed by atoms with E-state index in [9.17, 15) is 4.79 Å². The Bertz CT molecular complexity index is 679. The van der Waals surface area contributed by atoms with Gasteiger partial charge < -0.3 is 4.74 Å². The summed E-state index contributed by atoms with van der Waals surface area (Å²) < 4.78 is 5.42. The maximum absolute atomic E-state index is 12.4. The molecule has 24 heavy (non-hydrogen) atoms. The largest absolute Gasteiger partial charge is 0.497 e. The van der Waals surface area contributed by atoms with E-state index in [0.717, 1.165) is 24.5 Å². The maximum atomic E-state index is 12.4. The van der Waals surface area contributed by atoms with E-state index >= 15 is 0 Å². The Morgan fingerprint density at radius 1 is 1.17 bits per heavy atom. The van der Waals surface area contributed by atoms with Crippen molar-refractivity contribution in [2.45, 2.75) is 65.2 Å². The molecule has 2 fully saturated rings. The Balaban J connectivity index is 1.69. The Morgan fingerprint density at radius 3 is 2.67 bits per heavy atom. The van der Waals surface area contributed by atoms with Crippen molar-refractivity contribution in [3.8, 4) is 5.75 Å². The molecule has 0 spiro atoms. The molecule has 0 unspecified atom stereocenters. The first kappa shape index (κ1) is 16.2. The van der Waals surface area contributed by atoms with Crippen molar-refractivity contribution in [3.63, 3.8) is 0 Å². The Labute approximate surface area is 146 Å². The first-order chi connectivity index (χ1) is 11.4. The molecule has 5 atom stereocenters. The molecule has 2 nitrogen and oxygen atoms in total. The second kappa shape index (κ2) is 5.34. The molecule has 130 valence electrons. The van der Waals surface area contributed by atoms with E-state index in [2.05, 4.69) is 32.0 Å². The van der Waals surface area contributed by atoms with E-state index < -0.39 is 0 Å². The molecule has 3 aliphatic carbocycles. The Kier molecular flexibility index (Phi) is 3.60. The molecule has 0 saturated heterocycles. The van der Waals surface area contributed by atoms with Crippen molar-refractivity contribution < 1.29 is 9.53 Å². The molecule has 0 heterocycles. The van der Waals surface area contributed by atoms with Crippen LogP contribution in [0.2, 0.25) is 0 Å². The minimum Gasteiger partial charge on any atom is -0.497 e. The summed E-state index contributed by atoms with van der Waals surface area (Å²) in [6.45, 7) is 6.49. The van der Waals surface area contributed by atoms with Gasteiger partial charge in [0, 0.05) is 5.41 Å². The molecule has 3 aliphatic rings. The van der Waals surface area contributed by atoms with Gasteiger partial charge in [-0.1, -0.05) is 19.9 Å². The maximum Gasteiger partial charge on any atom is 0.136 e. The van der Waals surface area contributed by atoms with Gasteiger partial charge >= 0.3 is 0 Å². The number of methoxy groups -OCH3 is 1. The molecule has 1 aromatic carbocycles. The number of benzene rings is 1. The predicted octanol–water partition coefficient (Wildman–Crippen LogP) is 5.15. The average molecular weight is 326 g/mol. The fourth-order valence-corrected chi connectivity index (χ4v) is 6.53. The third-order valence-electron chi connectivity index (χ3n) is 8.32. The van der Waals surface area contributed by atoms with Crippen molar-refractivity contribution in [3.05, 3.63) is 29.3 Å². The van der Waals surface area contributed by atoms with Crippen molar-refractivity contribution in [2.75, 3.05) is 7.11 Å². The molecule has 0 bridgehead atoms. The quantitative estimate of drug-likeness (QED) is 0.751. The number of Topliss-reactive ketones (excluding diaryl/α,β-unsaturated/α-hetero) is 1. The van der Waals surface area contributed by atoms with Gasteiger partial charge in [-0.25, -0.2) is 0 Å². The van der Waals surface area contributed by atoms with Crippen LogP contribution in [0.5, 0.6) is 5.75 Å². The summed E-state index contributed by atoms with van der Waals surface area (Å²) in [4.78, 5) is 12.4. The molecule has 0 aliphatic heterocycles. The minimum atomic E-state index is -0.108. The van der Waals surface area contributed by atoms with Crippen LogP contribution < -0.4 is 4.74 Å². The van der Waals surface area contributed by atoms with Crippen LogP contribution >= 0.6 is 0 Å². The van der Waals surface area contributed by atoms with Gasteiger partial charge in [-0.3, -0.25) is 4.79 Å². The number of carbonyl (C=O) groups excluding carboxylic acids is 1. The molecule has 0 radical (unpaired) electrons. The fraction of sp³-hybridized carbons (Fsp3) is 0.682. The van der Waals surface area contributed by atoms with Crippen LogP contribution in [0.25, 0.3) is 0 Å². The van der Waals surface area contributed by atoms with Crippen LogP contribution in [0.15, 0.2) is 18.2 Å². The lowest BCUT2D eigenvalue weighted by atomic mass is 9.50. The van der Waals surface area contributed by atoms with Gasteiger partial charge in [0.2, 0.25) is 0 Å². The first-order valence-corrected chi connectivity index (χ1v) is 9.58. The third kappa shape index (κ3) is 1.98. The summed E-state index contributed by atoms with van der Waals surface area (Å²) in [6.07, 6.45) is 7.19. The minimum absolute atomic E-state index is 0.108. The molecule has 1 aromatic rings. The van der Waals surface area contributed by atoms with Gasteiger partial charge in [0.15, 0.2) is 0 Å². The number of ether oxygens (including phenoxy) is 1. The van der Waals surface area contributed by atoms with Crippen LogP contribution in [0.3, 0.4) is 0 Å². The summed E-state index contributed by atoms with van der Waals surface area (Å²) >= 11 is 0. The van der Waals surface area contributed by atoms with E-state index in [4.69, 9.17) is 4.74 Å². The summed E-state index contributed by atoms with van der Waals surface area (Å²) in [5.41, 5.74) is 3.14. The van der Waals surface area contributed by atoms with Crippen LogP contribution in [0.4, 0.5) is 0 Å². The summed E-state index contributed by atoms with van der Waals surface area (Å²) in [5.74, 6) is 3.54. The zero-order valence-electron chi connectivity index (χ0n) is 15.5. The number of hydrogen-bond donors (Lipinski definition) is 0. The molecular formula is C22H30O2. The standard InChI is InChI=1S/C22H30O2/c1-14(23)21(2)12-10-20-19-7-5-15-13-16(24-4)6-8-17(15)18(19)9-11-22(20,21)3/h6,8,13,18-20H,5,7,9-12H2,1-4H3/t18-,19-,20+,21-,22+/m1/s1. The van der Waals surface area contributed by atoms with Gasteiger partial charge in [-0.15, -0.1) is 0 Å². The highest BCUT2D eigenvalue weighted by Gasteiger charge is 2.61. The smallest absolute Gasteiger partial charge is 0.136 e. The number of fused-ring (bicyclic) bond motifs is 5. The summed E-state index contributed by atoms with van der Waals surface area (Å²) in [5, 5.41) is 0. The Hall–Kier alpha value is -1.31. The lowest BCUT2D eigenvalue weighted by Crippen LogP contribution is -2.48. The number of rotatable bonds is 2. The zero-order valence-corrected chi connectivity index (χ0v) is 15.5. The number of hydrogen-bond acceptors (Lipinski definition) is 2. The highest BCUT2D eigenvalue weighted by Crippen LogP contribution is 2.67. The van der Waals surface area contributed by atoms with Crippen LogP contribution in [0.1, 0.15) is 69.9 Å². The number of aryl methyl sites for hydroxylation is 1. The van der Waals surface area contributed by atoms with Gasteiger partial charge in [-0.05, 0) is 91.9 Å². The molecule has 2 saturated carbocycles. The van der Waals surface area contributed by atoms with Crippen molar-refractivity contribution in [1.29, 1.82) is 0 Å². The van der Waals surface area contributed by atoms with E-state index in [1.165, 1.54) is 31.2 Å². The van der Waals surface area contributed by atoms with Gasteiger partial charge in [0.05, 0.1) is 7.11 Å². The first-order valence-electron chi connectivity index (χ1n) is 9.58. The normalized spacial score (nSPS) is 40.4. The second-order valence-electron chi connectivity index (χ2n) is 8.86. The van der Waals surface area contributed by atoms with E-state index in [1.54, 1.807) is 12.7 Å². The average Bonchev–Trinajstić information content (AvgIpc) is 2.87. The van der Waals surface area contributed by atoms with Crippen molar-refractivity contribution in [2.24, 2.45) is 22.7 Å². The molecule has 2 heteroatoms. The highest BCUT2D eigenvalue weighted by molar-refractivity contribution is 5.83. The fourth-order valence-electron chi connectivity index (χ4n) is 6.53. The van der Waals surface area contributed by atoms with Crippen LogP contribution in [-0.2, 0) is 11.2 Å². The number of carbonyl (C=O) groups is 1. The molecule has 4 rings (SSSR count). The molecule has 0 N–H and O–H groups in total. The van der Waals surface area contributed by atoms with Crippen LogP contribution in [0, 0.1) is 22.7 Å². The lowest BCUT2D eigenvalue weighted by molar-refractivity contribution is -0.135. The van der Waals surface area contributed by atoms with Gasteiger partial charge in [0.25, 0.3) is 0 Å². The summed E-state index contributed by atoms with van der Waals surface area (Å²) in [6, 6.07) is 6.68. The monoisotopic (exact) mass is 326 g/mol. The third-order valence-corrected chi connectivity index (χ3v) is 8.32. The molecule has 0 aromatic heterocycles. The van der Waals surface area contributed by atoms with E-state index in [1.807, 2.05) is 6.92 Å². The SMILES string of the molecule is COc1ccc2c(c1)CC[C@@H]1[C@@H]2CC[C@@]2(C)[C@H]1CC[C@]2(C)C(C)=O. The zero-order chi connectivity index (χ0) is 17.1. The van der Waals surface area contributed by atoms with Crippen LogP contribution in [-0.4, -0.2) is 12.9 Å². The molecule has 0 amide bonds. The summed E-state index contributed by atoms with van der Waals surface area (Å²) in [7, 11) is 1.75. The van der Waals surface area contributed by atoms with E-state index in [0.29, 0.717) is 17.6 Å². The van der Waals surface area contributed by atoms with Gasteiger partial charge in [0.1, 0.15) is 11.5 Å². The topological polar surface area (TPSA) is 26.3 Å². The van der Waals surface area contributed by atoms with Crippen molar-refractivity contribution >= 4 is 5.78 Å². The Morgan fingerprint density at radius 2 is 1.96 bits per heavy atom. The second-order valence-corrected chi connectivity index (χ2v) is 8.86.